The lowest BCUT2D eigenvalue weighted by Gasteiger charge is -2.13. The van der Waals surface area contributed by atoms with Crippen molar-refractivity contribution in [3.63, 3.8) is 0 Å². The fourth-order valence-electron chi connectivity index (χ4n) is 1.27. The van der Waals surface area contributed by atoms with Crippen molar-refractivity contribution in [1.82, 2.24) is 0 Å². The average molecular weight is 267 g/mol. The highest BCUT2D eigenvalue weighted by Crippen LogP contribution is 2.33. The summed E-state index contributed by atoms with van der Waals surface area (Å²) in [6, 6.07) is 4.82. The van der Waals surface area contributed by atoms with Crippen molar-refractivity contribution in [1.29, 1.82) is 5.26 Å². The number of phenols is 1. The number of hydrogen-bond donors (Lipinski definition) is 2. The highest BCUT2D eigenvalue weighted by molar-refractivity contribution is 9.10. The first kappa shape index (κ1) is 11.8. The minimum absolute atomic E-state index is 0.0864. The lowest BCUT2D eigenvalue weighted by molar-refractivity contribution is 0.458. The van der Waals surface area contributed by atoms with Crippen LogP contribution in [-0.2, 0) is 0 Å². The van der Waals surface area contributed by atoms with Gasteiger partial charge < -0.3 is 10.8 Å². The maximum Gasteiger partial charge on any atom is 0.134 e. The first-order valence-corrected chi connectivity index (χ1v) is 5.18. The van der Waals surface area contributed by atoms with Crippen LogP contribution in [-0.4, -0.2) is 5.11 Å². The fourth-order valence-corrected chi connectivity index (χ4v) is 1.75. The largest absolute Gasteiger partial charge is 0.506 e. The van der Waals surface area contributed by atoms with Crippen molar-refractivity contribution >= 4 is 15.9 Å². The van der Waals surface area contributed by atoms with Crippen molar-refractivity contribution in [3.05, 3.63) is 40.4 Å². The van der Waals surface area contributed by atoms with Crippen LogP contribution in [0.15, 0.2) is 29.3 Å². The number of hydrogen-bond acceptors (Lipinski definition) is 3. The number of nitriles is 1. The zero-order chi connectivity index (χ0) is 11.4. The zero-order valence-electron chi connectivity index (χ0n) is 8.07. The van der Waals surface area contributed by atoms with Crippen LogP contribution in [0.1, 0.15) is 23.6 Å². The van der Waals surface area contributed by atoms with E-state index in [0.29, 0.717) is 22.0 Å². The van der Waals surface area contributed by atoms with Gasteiger partial charge in [-0.2, -0.15) is 5.26 Å². The van der Waals surface area contributed by atoms with Gasteiger partial charge in [0.2, 0.25) is 0 Å². The molecule has 1 aromatic carbocycles. The molecule has 3 N–H and O–H groups in total. The summed E-state index contributed by atoms with van der Waals surface area (Å²) < 4.78 is 0.482. The Bertz CT molecular complexity index is 423. The third kappa shape index (κ3) is 2.58. The van der Waals surface area contributed by atoms with Gasteiger partial charge >= 0.3 is 0 Å². The summed E-state index contributed by atoms with van der Waals surface area (Å²) in [5.74, 6) is 0.0864. The topological polar surface area (TPSA) is 70.0 Å². The molecule has 0 amide bonds. The molecule has 0 aliphatic carbocycles. The molecule has 78 valence electrons. The quantitative estimate of drug-likeness (QED) is 0.827. The van der Waals surface area contributed by atoms with Gasteiger partial charge in [0.1, 0.15) is 5.75 Å². The molecule has 3 nitrogen and oxygen atoms in total. The Morgan fingerprint density at radius 2 is 2.33 bits per heavy atom. The third-order valence-electron chi connectivity index (χ3n) is 2.04. The molecule has 1 rings (SSSR count). The number of nitrogens with two attached hydrogens (primary N) is 1. The summed E-state index contributed by atoms with van der Waals surface area (Å²) in [4.78, 5) is 0. The van der Waals surface area contributed by atoms with Crippen LogP contribution in [0.5, 0.6) is 5.75 Å². The van der Waals surface area contributed by atoms with Crippen LogP contribution in [0.3, 0.4) is 0 Å². The molecule has 4 heteroatoms. The van der Waals surface area contributed by atoms with Crippen LogP contribution >= 0.6 is 15.9 Å². The van der Waals surface area contributed by atoms with Crippen LogP contribution in [0.2, 0.25) is 0 Å². The van der Waals surface area contributed by atoms with Crippen molar-refractivity contribution in [2.45, 2.75) is 12.5 Å². The molecule has 0 bridgehead atoms. The zero-order valence-corrected chi connectivity index (χ0v) is 9.66. The predicted molar refractivity (Wildman–Crippen MR) is 62.3 cm³/mol. The molecule has 0 spiro atoms. The fraction of sp³-hybridized carbons (Fsp3) is 0.182. The van der Waals surface area contributed by atoms with Crippen LogP contribution in [0, 0.1) is 11.3 Å². The minimum Gasteiger partial charge on any atom is -0.506 e. The Kier molecular flexibility index (Phi) is 3.89. The second-order valence-corrected chi connectivity index (χ2v) is 3.99. The first-order chi connectivity index (χ1) is 7.10. The Labute approximate surface area is 97.0 Å². The summed E-state index contributed by atoms with van der Waals surface area (Å²) in [6.07, 6.45) is 2.23. The Balaban J connectivity index is 3.22. The van der Waals surface area contributed by atoms with Gasteiger partial charge in [-0.15, -0.1) is 6.58 Å². The molecule has 15 heavy (non-hydrogen) atoms. The third-order valence-corrected chi connectivity index (χ3v) is 2.65. The normalized spacial score (nSPS) is 11.8. The number of rotatable bonds is 3. The smallest absolute Gasteiger partial charge is 0.134 e. The van der Waals surface area contributed by atoms with Crippen LogP contribution in [0.25, 0.3) is 0 Å². The lowest BCUT2D eigenvalue weighted by atomic mass is 10.0. The number of nitrogens with zero attached hydrogens (tertiary/aromatic N) is 1. The van der Waals surface area contributed by atoms with Gasteiger partial charge in [-0.1, -0.05) is 6.08 Å². The number of phenolic OH excluding ortho intramolecular Hbond substituents is 1. The van der Waals surface area contributed by atoms with Gasteiger partial charge in [-0.25, -0.2) is 0 Å². The van der Waals surface area contributed by atoms with E-state index in [2.05, 4.69) is 22.5 Å². The molecule has 0 aromatic heterocycles. The maximum atomic E-state index is 9.74. The Hall–Kier alpha value is -1.31. The molecule has 0 unspecified atom stereocenters. The standard InChI is InChI=1S/C11H11BrN2O/c1-2-3-10(14)8-4-7(6-13)5-9(12)11(8)15/h2,4-5,10,15H,1,3,14H2/t10-/m1/s1. The molecule has 0 heterocycles. The Morgan fingerprint density at radius 1 is 1.67 bits per heavy atom. The molecule has 0 saturated carbocycles. The van der Waals surface area contributed by atoms with E-state index in [1.165, 1.54) is 0 Å². The van der Waals surface area contributed by atoms with E-state index in [-0.39, 0.29) is 11.8 Å². The van der Waals surface area contributed by atoms with Gasteiger partial charge in [0.25, 0.3) is 0 Å². The van der Waals surface area contributed by atoms with Crippen LogP contribution < -0.4 is 5.73 Å². The highest BCUT2D eigenvalue weighted by atomic mass is 79.9. The van der Waals surface area contributed by atoms with E-state index in [0.717, 1.165) is 0 Å². The molecule has 0 radical (unpaired) electrons. The predicted octanol–water partition coefficient (Wildman–Crippen LogP) is 2.60. The maximum absolute atomic E-state index is 9.74. The molecule has 1 atom stereocenters. The van der Waals surface area contributed by atoms with Gasteiger partial charge in [0, 0.05) is 11.6 Å². The molecule has 0 saturated heterocycles. The van der Waals surface area contributed by atoms with Crippen molar-refractivity contribution in [2.24, 2.45) is 5.73 Å². The van der Waals surface area contributed by atoms with E-state index in [9.17, 15) is 5.11 Å². The second kappa shape index (κ2) is 4.96. The molecular formula is C11H11BrN2O. The first-order valence-electron chi connectivity index (χ1n) is 4.39. The monoisotopic (exact) mass is 266 g/mol. The van der Waals surface area contributed by atoms with Gasteiger partial charge in [0.05, 0.1) is 16.1 Å². The van der Waals surface area contributed by atoms with E-state index in [4.69, 9.17) is 11.0 Å². The van der Waals surface area contributed by atoms with E-state index in [1.54, 1.807) is 18.2 Å². The summed E-state index contributed by atoms with van der Waals surface area (Å²) >= 11 is 3.17. The van der Waals surface area contributed by atoms with Crippen molar-refractivity contribution in [2.75, 3.05) is 0 Å². The average Bonchev–Trinajstić information content (AvgIpc) is 2.22. The van der Waals surface area contributed by atoms with Crippen molar-refractivity contribution < 1.29 is 5.11 Å². The number of benzene rings is 1. The minimum atomic E-state index is -0.341. The lowest BCUT2D eigenvalue weighted by Crippen LogP contribution is -2.09. The SMILES string of the molecule is C=CC[C@@H](N)c1cc(C#N)cc(Br)c1O. The summed E-state index contributed by atoms with van der Waals surface area (Å²) in [7, 11) is 0. The van der Waals surface area contributed by atoms with E-state index < -0.39 is 0 Å². The van der Waals surface area contributed by atoms with Gasteiger partial charge in [0.15, 0.2) is 0 Å². The summed E-state index contributed by atoms with van der Waals surface area (Å²) in [6.45, 7) is 3.58. The van der Waals surface area contributed by atoms with Crippen LogP contribution in [0.4, 0.5) is 0 Å². The second-order valence-electron chi connectivity index (χ2n) is 3.14. The van der Waals surface area contributed by atoms with E-state index in [1.807, 2.05) is 6.07 Å². The molecule has 0 fully saturated rings. The number of halogens is 1. The van der Waals surface area contributed by atoms with Crippen molar-refractivity contribution in [3.8, 4) is 11.8 Å². The molecule has 1 aromatic rings. The summed E-state index contributed by atoms with van der Waals surface area (Å²) in [5.41, 5.74) is 6.86. The molecule has 0 aliphatic rings. The Morgan fingerprint density at radius 3 is 2.87 bits per heavy atom. The van der Waals surface area contributed by atoms with Gasteiger partial charge in [-0.3, -0.25) is 0 Å². The van der Waals surface area contributed by atoms with E-state index >= 15 is 0 Å². The molecule has 0 aliphatic heterocycles. The number of aromatic hydroxyl groups is 1. The van der Waals surface area contributed by atoms with Gasteiger partial charge in [-0.05, 0) is 34.5 Å². The molecular weight excluding hydrogens is 256 g/mol. The summed E-state index contributed by atoms with van der Waals surface area (Å²) in [5, 5.41) is 18.5. The highest BCUT2D eigenvalue weighted by Gasteiger charge is 2.13.